The zero-order valence-electron chi connectivity index (χ0n) is 11.8. The quantitative estimate of drug-likeness (QED) is 0.752. The molecule has 0 spiro atoms. The van der Waals surface area contributed by atoms with E-state index in [4.69, 9.17) is 5.73 Å². The molecule has 4 heteroatoms. The van der Waals surface area contributed by atoms with E-state index in [1.807, 2.05) is 30.3 Å². The molecule has 0 saturated carbocycles. The Morgan fingerprint density at radius 3 is 2.43 bits per heavy atom. The predicted molar refractivity (Wildman–Crippen MR) is 82.8 cm³/mol. The van der Waals surface area contributed by atoms with Gasteiger partial charge in [-0.05, 0) is 23.6 Å². The van der Waals surface area contributed by atoms with E-state index >= 15 is 0 Å². The number of carbonyl (C=O) groups excluding carboxylic acids is 1. The first kappa shape index (κ1) is 15.2. The lowest BCUT2D eigenvalue weighted by Gasteiger charge is -2.18. The lowest BCUT2D eigenvalue weighted by atomic mass is 10.0. The van der Waals surface area contributed by atoms with Gasteiger partial charge in [-0.25, -0.2) is 0 Å². The van der Waals surface area contributed by atoms with Crippen LogP contribution in [0.1, 0.15) is 21.5 Å². The Morgan fingerprint density at radius 1 is 1.10 bits per heavy atom. The standard InChI is InChI=1S/C17H20N2O2/c18-11-15(10-13-6-2-1-3-7-13)19-17(21)16-9-5-4-8-14(16)12-20/h1-9,15,20H,10-12,18H2,(H,19,21)/t15-/m0/s1. The van der Waals surface area contributed by atoms with E-state index in [0.717, 1.165) is 5.56 Å². The molecule has 110 valence electrons. The van der Waals surface area contributed by atoms with E-state index < -0.39 is 0 Å². The highest BCUT2D eigenvalue weighted by atomic mass is 16.3. The summed E-state index contributed by atoms with van der Waals surface area (Å²) < 4.78 is 0. The van der Waals surface area contributed by atoms with E-state index in [2.05, 4.69) is 5.32 Å². The van der Waals surface area contributed by atoms with Gasteiger partial charge in [-0.15, -0.1) is 0 Å². The second-order valence-electron chi connectivity index (χ2n) is 4.91. The molecular formula is C17H20N2O2. The summed E-state index contributed by atoms with van der Waals surface area (Å²) in [5.74, 6) is -0.203. The molecule has 1 atom stereocenters. The third kappa shape index (κ3) is 4.15. The van der Waals surface area contributed by atoms with Gasteiger partial charge in [-0.1, -0.05) is 48.5 Å². The first-order valence-corrected chi connectivity index (χ1v) is 6.98. The van der Waals surface area contributed by atoms with Crippen LogP contribution >= 0.6 is 0 Å². The second kappa shape index (κ2) is 7.57. The lowest BCUT2D eigenvalue weighted by Crippen LogP contribution is -2.42. The number of carbonyl (C=O) groups is 1. The first-order chi connectivity index (χ1) is 10.2. The summed E-state index contributed by atoms with van der Waals surface area (Å²) in [5.41, 5.74) is 7.99. The van der Waals surface area contributed by atoms with Gasteiger partial charge in [-0.2, -0.15) is 0 Å². The van der Waals surface area contributed by atoms with Gasteiger partial charge < -0.3 is 16.2 Å². The van der Waals surface area contributed by atoms with Crippen molar-refractivity contribution in [2.24, 2.45) is 5.73 Å². The molecule has 4 nitrogen and oxygen atoms in total. The molecule has 0 saturated heterocycles. The number of nitrogens with two attached hydrogens (primary N) is 1. The third-order valence-electron chi connectivity index (χ3n) is 3.38. The minimum absolute atomic E-state index is 0.133. The molecule has 21 heavy (non-hydrogen) atoms. The van der Waals surface area contributed by atoms with Crippen molar-refractivity contribution in [3.05, 3.63) is 71.3 Å². The van der Waals surface area contributed by atoms with Crippen molar-refractivity contribution >= 4 is 5.91 Å². The van der Waals surface area contributed by atoms with Crippen LogP contribution in [0.15, 0.2) is 54.6 Å². The Bertz CT molecular complexity index is 584. The Balaban J connectivity index is 2.06. The minimum atomic E-state index is -0.203. The zero-order chi connectivity index (χ0) is 15.1. The molecule has 0 bridgehead atoms. The number of aliphatic hydroxyl groups is 1. The molecule has 2 aromatic rings. The molecule has 4 N–H and O–H groups in total. The van der Waals surface area contributed by atoms with Crippen molar-refractivity contribution in [2.45, 2.75) is 19.1 Å². The van der Waals surface area contributed by atoms with Crippen molar-refractivity contribution < 1.29 is 9.90 Å². The first-order valence-electron chi connectivity index (χ1n) is 6.98. The number of hydrogen-bond donors (Lipinski definition) is 3. The molecule has 0 fully saturated rings. The normalized spacial score (nSPS) is 11.9. The summed E-state index contributed by atoms with van der Waals surface area (Å²) in [6, 6.07) is 16.8. The number of aliphatic hydroxyl groups excluding tert-OH is 1. The molecule has 0 aliphatic heterocycles. The Hall–Kier alpha value is -2.17. The summed E-state index contributed by atoms with van der Waals surface area (Å²) in [5, 5.41) is 12.2. The topological polar surface area (TPSA) is 75.3 Å². The van der Waals surface area contributed by atoms with Crippen molar-refractivity contribution in [1.82, 2.24) is 5.32 Å². The molecule has 0 heterocycles. The van der Waals surface area contributed by atoms with Crippen LogP contribution in [-0.4, -0.2) is 23.6 Å². The van der Waals surface area contributed by atoms with Crippen LogP contribution in [0.4, 0.5) is 0 Å². The van der Waals surface area contributed by atoms with Crippen LogP contribution in [0.5, 0.6) is 0 Å². The fourth-order valence-corrected chi connectivity index (χ4v) is 2.23. The Labute approximate surface area is 124 Å². The predicted octanol–water partition coefficient (Wildman–Crippen LogP) is 1.48. The molecule has 2 rings (SSSR count). The molecule has 0 radical (unpaired) electrons. The van der Waals surface area contributed by atoms with E-state index in [0.29, 0.717) is 24.1 Å². The summed E-state index contributed by atoms with van der Waals surface area (Å²) in [4.78, 5) is 12.3. The van der Waals surface area contributed by atoms with Gasteiger partial charge in [0.15, 0.2) is 0 Å². The zero-order valence-corrected chi connectivity index (χ0v) is 11.8. The molecule has 0 aliphatic rings. The van der Waals surface area contributed by atoms with Crippen LogP contribution in [0.25, 0.3) is 0 Å². The van der Waals surface area contributed by atoms with Gasteiger partial charge in [0.25, 0.3) is 5.91 Å². The summed E-state index contributed by atoms with van der Waals surface area (Å²) in [6.45, 7) is 0.206. The lowest BCUT2D eigenvalue weighted by molar-refractivity contribution is 0.0935. The van der Waals surface area contributed by atoms with E-state index in [1.165, 1.54) is 0 Å². The van der Waals surface area contributed by atoms with Crippen LogP contribution in [0.3, 0.4) is 0 Å². The maximum atomic E-state index is 12.3. The second-order valence-corrected chi connectivity index (χ2v) is 4.91. The van der Waals surface area contributed by atoms with E-state index in [-0.39, 0.29) is 18.6 Å². The molecule has 0 unspecified atom stereocenters. The Morgan fingerprint density at radius 2 is 1.76 bits per heavy atom. The highest BCUT2D eigenvalue weighted by Crippen LogP contribution is 2.09. The van der Waals surface area contributed by atoms with Gasteiger partial charge in [-0.3, -0.25) is 4.79 Å². The summed E-state index contributed by atoms with van der Waals surface area (Å²) in [7, 11) is 0. The van der Waals surface area contributed by atoms with Crippen molar-refractivity contribution in [2.75, 3.05) is 6.54 Å². The van der Waals surface area contributed by atoms with Crippen molar-refractivity contribution in [3.8, 4) is 0 Å². The number of amides is 1. The number of hydrogen-bond acceptors (Lipinski definition) is 3. The van der Waals surface area contributed by atoms with Gasteiger partial charge >= 0.3 is 0 Å². The maximum Gasteiger partial charge on any atom is 0.251 e. The molecule has 1 amide bonds. The monoisotopic (exact) mass is 284 g/mol. The van der Waals surface area contributed by atoms with Gasteiger partial charge in [0.05, 0.1) is 6.61 Å². The minimum Gasteiger partial charge on any atom is -0.392 e. The maximum absolute atomic E-state index is 12.3. The average Bonchev–Trinajstić information content (AvgIpc) is 2.55. The van der Waals surface area contributed by atoms with Gasteiger partial charge in [0, 0.05) is 18.2 Å². The van der Waals surface area contributed by atoms with Crippen molar-refractivity contribution in [1.29, 1.82) is 0 Å². The van der Waals surface area contributed by atoms with E-state index in [1.54, 1.807) is 24.3 Å². The van der Waals surface area contributed by atoms with Gasteiger partial charge in [0.2, 0.25) is 0 Å². The SMILES string of the molecule is NC[C@H](Cc1ccccc1)NC(=O)c1ccccc1CO. The Kier molecular flexibility index (Phi) is 5.49. The molecule has 0 aliphatic carbocycles. The van der Waals surface area contributed by atoms with Crippen molar-refractivity contribution in [3.63, 3.8) is 0 Å². The summed E-state index contributed by atoms with van der Waals surface area (Å²) >= 11 is 0. The fraction of sp³-hybridized carbons (Fsp3) is 0.235. The highest BCUT2D eigenvalue weighted by molar-refractivity contribution is 5.95. The van der Waals surface area contributed by atoms with E-state index in [9.17, 15) is 9.90 Å². The number of rotatable bonds is 6. The largest absolute Gasteiger partial charge is 0.392 e. The average molecular weight is 284 g/mol. The molecule has 0 aromatic heterocycles. The van der Waals surface area contributed by atoms with Crippen LogP contribution in [0.2, 0.25) is 0 Å². The number of nitrogens with one attached hydrogen (secondary N) is 1. The van der Waals surface area contributed by atoms with Crippen LogP contribution in [-0.2, 0) is 13.0 Å². The van der Waals surface area contributed by atoms with Crippen LogP contribution in [0, 0.1) is 0 Å². The molecular weight excluding hydrogens is 264 g/mol. The highest BCUT2D eigenvalue weighted by Gasteiger charge is 2.15. The van der Waals surface area contributed by atoms with Crippen LogP contribution < -0.4 is 11.1 Å². The smallest absolute Gasteiger partial charge is 0.251 e. The summed E-state index contributed by atoms with van der Waals surface area (Å²) in [6.07, 6.45) is 0.685. The molecule has 2 aromatic carbocycles. The fourth-order valence-electron chi connectivity index (χ4n) is 2.23. The third-order valence-corrected chi connectivity index (χ3v) is 3.38. The number of benzene rings is 2. The van der Waals surface area contributed by atoms with Gasteiger partial charge in [0.1, 0.15) is 0 Å².